The molecule has 0 spiro atoms. The van der Waals surface area contributed by atoms with E-state index in [1.54, 1.807) is 0 Å². The number of amides is 2. The molecule has 1 heterocycles. The van der Waals surface area contributed by atoms with E-state index in [-0.39, 0.29) is 0 Å². The van der Waals surface area contributed by atoms with Crippen LogP contribution in [0.15, 0.2) is 102 Å². The fourth-order valence-corrected chi connectivity index (χ4v) is 3.63. The maximum atomic E-state index is 13.0. The molecule has 176 valence electrons. The lowest BCUT2D eigenvalue weighted by molar-refractivity contribution is 0.254. The van der Waals surface area contributed by atoms with Gasteiger partial charge in [0.2, 0.25) is 5.96 Å². The summed E-state index contributed by atoms with van der Waals surface area (Å²) in [5.41, 5.74) is 4.47. The van der Waals surface area contributed by atoms with Crippen LogP contribution in [0, 0.1) is 13.8 Å². The average Bonchev–Trinajstić information content (AvgIpc) is 2.84. The van der Waals surface area contributed by atoms with Crippen molar-refractivity contribution in [2.24, 2.45) is 4.99 Å². The van der Waals surface area contributed by atoms with Crippen molar-refractivity contribution in [3.8, 4) is 0 Å². The van der Waals surface area contributed by atoms with Gasteiger partial charge in [-0.3, -0.25) is 5.32 Å². The summed E-state index contributed by atoms with van der Waals surface area (Å²) in [4.78, 5) is 28.6. The molecule has 0 unspecified atom stereocenters. The average molecular weight is 465 g/mol. The van der Waals surface area contributed by atoms with Gasteiger partial charge in [-0.2, -0.15) is 4.99 Å². The Labute approximate surface area is 205 Å². The molecule has 3 aromatic carbocycles. The van der Waals surface area contributed by atoms with Crippen molar-refractivity contribution in [3.05, 3.63) is 120 Å². The monoisotopic (exact) mass is 464 g/mol. The Kier molecular flexibility index (Phi) is 7.81. The normalized spacial score (nSPS) is 11.1. The van der Waals surface area contributed by atoms with Gasteiger partial charge in [0.05, 0.1) is 0 Å². The number of carbonyl (C=O) groups excluding carboxylic acids is 1. The van der Waals surface area contributed by atoms with Crippen LogP contribution in [0.25, 0.3) is 0 Å². The third-order valence-corrected chi connectivity index (χ3v) is 5.17. The Balaban J connectivity index is 1.70. The fourth-order valence-electron chi connectivity index (χ4n) is 3.63. The number of nitrogens with one attached hydrogen (secondary N) is 2. The van der Waals surface area contributed by atoms with Gasteiger partial charge in [-0.25, -0.2) is 14.8 Å². The molecule has 0 saturated heterocycles. The molecule has 0 radical (unpaired) electrons. The molecule has 0 bridgehead atoms. The number of hydrogen-bond donors (Lipinski definition) is 2. The summed E-state index contributed by atoms with van der Waals surface area (Å²) in [7, 11) is 0. The third kappa shape index (κ3) is 7.23. The number of anilines is 1. The van der Waals surface area contributed by atoms with Gasteiger partial charge in [-0.05, 0) is 43.2 Å². The van der Waals surface area contributed by atoms with E-state index in [0.29, 0.717) is 30.7 Å². The lowest BCUT2D eigenvalue weighted by atomic mass is 10.2. The highest BCUT2D eigenvalue weighted by molar-refractivity contribution is 6.02. The minimum Gasteiger partial charge on any atom is -0.334 e. The van der Waals surface area contributed by atoms with E-state index in [1.165, 1.54) is 0 Å². The Morgan fingerprint density at radius 1 is 0.771 bits per heavy atom. The zero-order valence-electron chi connectivity index (χ0n) is 19.8. The molecule has 0 saturated carbocycles. The number of para-hydroxylation sites is 1. The van der Waals surface area contributed by atoms with Gasteiger partial charge < -0.3 is 10.2 Å². The van der Waals surface area contributed by atoms with Gasteiger partial charge in [-0.15, -0.1) is 0 Å². The quantitative estimate of drug-likeness (QED) is 0.287. The molecular weight excluding hydrogens is 436 g/mol. The molecule has 0 fully saturated rings. The molecular formula is C28H28N6O. The highest BCUT2D eigenvalue weighted by atomic mass is 16.2. The Morgan fingerprint density at radius 2 is 1.26 bits per heavy atom. The molecule has 1 aromatic heterocycles. The standard InChI is InChI=1S/C28H28N6O/c1-21-18-22(2)30-26(29-21)32-27(33-28(35)31-25-16-10-5-11-17-25)34(19-23-12-6-3-7-13-23)20-24-14-8-4-9-15-24/h3-18H,19-20H2,1-2H3,(H2,29,30,31,32,33,35). The zero-order chi connectivity index (χ0) is 24.5. The number of aromatic nitrogens is 2. The number of benzene rings is 3. The zero-order valence-corrected chi connectivity index (χ0v) is 19.8. The number of carbonyl (C=O) groups is 1. The van der Waals surface area contributed by atoms with E-state index >= 15 is 0 Å². The highest BCUT2D eigenvalue weighted by Crippen LogP contribution is 2.14. The molecule has 0 aliphatic carbocycles. The second-order valence-corrected chi connectivity index (χ2v) is 8.16. The second kappa shape index (κ2) is 11.6. The first-order valence-electron chi connectivity index (χ1n) is 11.4. The van der Waals surface area contributed by atoms with E-state index in [0.717, 1.165) is 22.5 Å². The number of nitrogens with zero attached hydrogens (tertiary/aromatic N) is 4. The predicted molar refractivity (Wildman–Crippen MR) is 139 cm³/mol. The molecule has 7 nitrogen and oxygen atoms in total. The largest absolute Gasteiger partial charge is 0.334 e. The summed E-state index contributed by atoms with van der Waals surface area (Å²) >= 11 is 0. The second-order valence-electron chi connectivity index (χ2n) is 8.16. The first-order chi connectivity index (χ1) is 17.0. The SMILES string of the molecule is Cc1cc(C)nc(N=C(NC(=O)Nc2ccccc2)N(Cc2ccccc2)Cc2ccccc2)n1. The Hall–Kier alpha value is -4.52. The van der Waals surface area contributed by atoms with Gasteiger partial charge >= 0.3 is 6.03 Å². The van der Waals surface area contributed by atoms with Crippen LogP contribution in [0.4, 0.5) is 16.4 Å². The van der Waals surface area contributed by atoms with Crippen LogP contribution >= 0.6 is 0 Å². The summed E-state index contributed by atoms with van der Waals surface area (Å²) in [5.74, 6) is 0.653. The molecule has 2 amide bonds. The van der Waals surface area contributed by atoms with Crippen LogP contribution in [0.5, 0.6) is 0 Å². The summed E-state index contributed by atoms with van der Waals surface area (Å²) in [6.45, 7) is 4.86. The molecule has 0 atom stereocenters. The maximum Gasteiger partial charge on any atom is 0.326 e. The van der Waals surface area contributed by atoms with Crippen molar-refractivity contribution in [3.63, 3.8) is 0 Å². The van der Waals surface area contributed by atoms with E-state index in [2.05, 4.69) is 20.6 Å². The van der Waals surface area contributed by atoms with Crippen molar-refractivity contribution in [1.29, 1.82) is 0 Å². The number of aliphatic imine (C=N–C) groups is 1. The number of hydrogen-bond acceptors (Lipinski definition) is 4. The summed E-state index contributed by atoms with van der Waals surface area (Å²) in [6.07, 6.45) is 0. The third-order valence-electron chi connectivity index (χ3n) is 5.17. The fraction of sp³-hybridized carbons (Fsp3) is 0.143. The van der Waals surface area contributed by atoms with E-state index in [1.807, 2.05) is 116 Å². The van der Waals surface area contributed by atoms with Gasteiger partial charge in [0.1, 0.15) is 0 Å². The van der Waals surface area contributed by atoms with Gasteiger partial charge in [0.15, 0.2) is 0 Å². The molecule has 7 heteroatoms. The van der Waals surface area contributed by atoms with Crippen molar-refractivity contribution in [1.82, 2.24) is 20.2 Å². The minimum absolute atomic E-state index is 0.295. The number of rotatable bonds is 6. The minimum atomic E-state index is -0.398. The van der Waals surface area contributed by atoms with Crippen LogP contribution in [-0.2, 0) is 13.1 Å². The van der Waals surface area contributed by atoms with Crippen molar-refractivity contribution in [2.45, 2.75) is 26.9 Å². The first-order valence-corrected chi connectivity index (χ1v) is 11.4. The van der Waals surface area contributed by atoms with Crippen LogP contribution in [0.3, 0.4) is 0 Å². The first kappa shape index (κ1) is 23.6. The van der Waals surface area contributed by atoms with Crippen LogP contribution in [-0.4, -0.2) is 26.9 Å². The van der Waals surface area contributed by atoms with Crippen LogP contribution < -0.4 is 10.6 Å². The van der Waals surface area contributed by atoms with Gasteiger partial charge in [0, 0.05) is 30.2 Å². The van der Waals surface area contributed by atoms with Crippen molar-refractivity contribution < 1.29 is 4.79 Å². The summed E-state index contributed by atoms with van der Waals surface area (Å²) in [6, 6.07) is 30.9. The Bertz CT molecular complexity index is 1220. The predicted octanol–water partition coefficient (Wildman–Crippen LogP) is 5.61. The number of aryl methyl sites for hydroxylation is 2. The molecule has 4 aromatic rings. The number of urea groups is 1. The van der Waals surface area contributed by atoms with E-state index in [9.17, 15) is 4.79 Å². The smallest absolute Gasteiger partial charge is 0.326 e. The van der Waals surface area contributed by atoms with E-state index < -0.39 is 6.03 Å². The van der Waals surface area contributed by atoms with Gasteiger partial charge in [-0.1, -0.05) is 78.9 Å². The number of guanidine groups is 1. The topological polar surface area (TPSA) is 82.5 Å². The van der Waals surface area contributed by atoms with Crippen LogP contribution in [0.2, 0.25) is 0 Å². The van der Waals surface area contributed by atoms with Crippen LogP contribution in [0.1, 0.15) is 22.5 Å². The molecule has 0 aliphatic rings. The maximum absolute atomic E-state index is 13.0. The van der Waals surface area contributed by atoms with Crippen molar-refractivity contribution >= 4 is 23.6 Å². The Morgan fingerprint density at radius 3 is 1.77 bits per heavy atom. The highest BCUT2D eigenvalue weighted by Gasteiger charge is 2.17. The lowest BCUT2D eigenvalue weighted by Crippen LogP contribution is -2.45. The molecule has 2 N–H and O–H groups in total. The molecule has 0 aliphatic heterocycles. The summed E-state index contributed by atoms with van der Waals surface area (Å²) in [5, 5.41) is 5.80. The lowest BCUT2D eigenvalue weighted by Gasteiger charge is -2.26. The molecule has 35 heavy (non-hydrogen) atoms. The van der Waals surface area contributed by atoms with Crippen molar-refractivity contribution in [2.75, 3.05) is 5.32 Å². The summed E-state index contributed by atoms with van der Waals surface area (Å²) < 4.78 is 0. The van der Waals surface area contributed by atoms with E-state index in [4.69, 9.17) is 4.99 Å². The van der Waals surface area contributed by atoms with Gasteiger partial charge in [0.25, 0.3) is 5.95 Å². The molecule has 4 rings (SSSR count).